The van der Waals surface area contributed by atoms with Gasteiger partial charge in [-0.2, -0.15) is 0 Å². The summed E-state index contributed by atoms with van der Waals surface area (Å²) in [5.41, 5.74) is 1.63. The molecule has 3 heterocycles. The Bertz CT molecular complexity index is 817. The normalized spacial score (nSPS) is 23.2. The summed E-state index contributed by atoms with van der Waals surface area (Å²) in [5.74, 6) is -0.771. The van der Waals surface area contributed by atoms with E-state index < -0.39 is 11.9 Å². The summed E-state index contributed by atoms with van der Waals surface area (Å²) in [6.45, 7) is 4.12. The lowest BCUT2D eigenvalue weighted by molar-refractivity contribution is -0.136. The maximum Gasteiger partial charge on any atom is 0.255 e. The molecule has 0 radical (unpaired) electrons. The molecule has 3 amide bonds. The average Bonchev–Trinajstić information content (AvgIpc) is 2.98. The van der Waals surface area contributed by atoms with E-state index in [0.717, 1.165) is 31.5 Å². The Labute approximate surface area is 164 Å². The molecule has 0 spiro atoms. The number of fused-ring (bicyclic) bond motifs is 1. The number of anilines is 1. The van der Waals surface area contributed by atoms with Crippen molar-refractivity contribution >= 4 is 23.4 Å². The number of carbonyl (C=O) groups excluding carboxylic acids is 3. The second-order valence-electron chi connectivity index (χ2n) is 8.08. The standard InChI is InChI=1S/C21H26FN3O3/c1-2-3-13-6-8-24(9-7-13)18-10-14-12-25(21(28)15(14)11-16(18)22)17-4-5-19(26)23-20(17)27/h10-11,13,17H,2-9,12H2,1H3,(H,23,26,27). The first-order valence-corrected chi connectivity index (χ1v) is 10.2. The molecule has 4 rings (SSSR count). The minimum atomic E-state index is -0.672. The molecule has 2 saturated heterocycles. The molecule has 7 heteroatoms. The molecule has 150 valence electrons. The molecule has 28 heavy (non-hydrogen) atoms. The van der Waals surface area contributed by atoms with Gasteiger partial charge < -0.3 is 9.80 Å². The zero-order chi connectivity index (χ0) is 19.8. The Morgan fingerprint density at radius 1 is 1.14 bits per heavy atom. The average molecular weight is 387 g/mol. The molecule has 1 unspecified atom stereocenters. The van der Waals surface area contributed by atoms with E-state index in [1.54, 1.807) is 6.07 Å². The smallest absolute Gasteiger partial charge is 0.255 e. The van der Waals surface area contributed by atoms with E-state index in [0.29, 0.717) is 23.6 Å². The van der Waals surface area contributed by atoms with Crippen LogP contribution in [0, 0.1) is 11.7 Å². The first kappa shape index (κ1) is 18.9. The Morgan fingerprint density at radius 2 is 1.89 bits per heavy atom. The van der Waals surface area contributed by atoms with Crippen LogP contribution in [0.25, 0.3) is 0 Å². The monoisotopic (exact) mass is 387 g/mol. The summed E-state index contributed by atoms with van der Waals surface area (Å²) in [7, 11) is 0. The van der Waals surface area contributed by atoms with Crippen LogP contribution in [0.4, 0.5) is 10.1 Å². The molecule has 1 aromatic rings. The van der Waals surface area contributed by atoms with Crippen LogP contribution in [0.3, 0.4) is 0 Å². The van der Waals surface area contributed by atoms with Gasteiger partial charge in [-0.3, -0.25) is 19.7 Å². The maximum atomic E-state index is 14.8. The zero-order valence-corrected chi connectivity index (χ0v) is 16.2. The van der Waals surface area contributed by atoms with Crippen molar-refractivity contribution in [2.24, 2.45) is 5.92 Å². The van der Waals surface area contributed by atoms with Crippen molar-refractivity contribution in [3.05, 3.63) is 29.1 Å². The maximum absolute atomic E-state index is 14.8. The number of halogens is 1. The van der Waals surface area contributed by atoms with E-state index in [2.05, 4.69) is 17.1 Å². The molecule has 3 aliphatic rings. The van der Waals surface area contributed by atoms with Gasteiger partial charge in [0.15, 0.2) is 0 Å². The molecule has 1 N–H and O–H groups in total. The van der Waals surface area contributed by atoms with Crippen molar-refractivity contribution in [2.45, 2.75) is 58.0 Å². The highest BCUT2D eigenvalue weighted by molar-refractivity contribution is 6.05. The highest BCUT2D eigenvalue weighted by Gasteiger charge is 2.39. The van der Waals surface area contributed by atoms with Crippen LogP contribution in [0.2, 0.25) is 0 Å². The van der Waals surface area contributed by atoms with Gasteiger partial charge in [0, 0.05) is 31.6 Å². The lowest BCUT2D eigenvalue weighted by Gasteiger charge is -2.34. The van der Waals surface area contributed by atoms with E-state index in [4.69, 9.17) is 0 Å². The van der Waals surface area contributed by atoms with Crippen molar-refractivity contribution < 1.29 is 18.8 Å². The molecule has 0 bridgehead atoms. The molecule has 0 aromatic heterocycles. The summed E-state index contributed by atoms with van der Waals surface area (Å²) in [4.78, 5) is 39.8. The number of benzene rings is 1. The Balaban J connectivity index is 1.52. The molecule has 0 aliphatic carbocycles. The number of nitrogens with zero attached hydrogens (tertiary/aromatic N) is 2. The van der Waals surface area contributed by atoms with E-state index in [-0.39, 0.29) is 30.6 Å². The van der Waals surface area contributed by atoms with Crippen LogP contribution in [0.1, 0.15) is 61.4 Å². The largest absolute Gasteiger partial charge is 0.369 e. The summed E-state index contributed by atoms with van der Waals surface area (Å²) in [5, 5.41) is 2.29. The topological polar surface area (TPSA) is 69.7 Å². The quantitative estimate of drug-likeness (QED) is 0.807. The number of amides is 3. The van der Waals surface area contributed by atoms with Crippen LogP contribution in [-0.4, -0.2) is 41.8 Å². The van der Waals surface area contributed by atoms with Gasteiger partial charge >= 0.3 is 0 Å². The first-order valence-electron chi connectivity index (χ1n) is 10.2. The Hall–Kier alpha value is -2.44. The van der Waals surface area contributed by atoms with Crippen LogP contribution in [-0.2, 0) is 16.1 Å². The van der Waals surface area contributed by atoms with E-state index in [1.807, 2.05) is 0 Å². The number of nitrogens with one attached hydrogen (secondary N) is 1. The lowest BCUT2D eigenvalue weighted by atomic mass is 9.92. The molecule has 6 nitrogen and oxygen atoms in total. The van der Waals surface area contributed by atoms with Gasteiger partial charge in [-0.25, -0.2) is 4.39 Å². The molecule has 1 atom stereocenters. The first-order chi connectivity index (χ1) is 13.5. The van der Waals surface area contributed by atoms with Gasteiger partial charge in [-0.1, -0.05) is 19.8 Å². The number of rotatable bonds is 4. The highest BCUT2D eigenvalue weighted by atomic mass is 19.1. The molecule has 2 fully saturated rings. The second kappa shape index (κ2) is 7.53. The Morgan fingerprint density at radius 3 is 2.57 bits per heavy atom. The molecule has 3 aliphatic heterocycles. The van der Waals surface area contributed by atoms with Gasteiger partial charge in [0.1, 0.15) is 11.9 Å². The fourth-order valence-corrected chi connectivity index (χ4v) is 4.69. The summed E-state index contributed by atoms with van der Waals surface area (Å²) < 4.78 is 14.8. The third kappa shape index (κ3) is 3.38. The summed E-state index contributed by atoms with van der Waals surface area (Å²) in [6.07, 6.45) is 5.04. The van der Waals surface area contributed by atoms with E-state index in [1.165, 1.54) is 23.8 Å². The highest BCUT2D eigenvalue weighted by Crippen LogP contribution is 2.34. The summed E-state index contributed by atoms with van der Waals surface area (Å²) >= 11 is 0. The van der Waals surface area contributed by atoms with Gasteiger partial charge in [-0.05, 0) is 42.9 Å². The van der Waals surface area contributed by atoms with Crippen molar-refractivity contribution in [3.8, 4) is 0 Å². The zero-order valence-electron chi connectivity index (χ0n) is 16.2. The molecule has 0 saturated carbocycles. The van der Waals surface area contributed by atoms with Gasteiger partial charge in [0.05, 0.1) is 5.69 Å². The molecule has 1 aromatic carbocycles. The van der Waals surface area contributed by atoms with E-state index >= 15 is 0 Å². The molecular formula is C21H26FN3O3. The SMILES string of the molecule is CCCC1CCN(c2cc3c(cc2F)C(=O)N(C2CCC(=O)NC2=O)C3)CC1. The second-order valence-corrected chi connectivity index (χ2v) is 8.08. The number of imide groups is 1. The van der Waals surface area contributed by atoms with Crippen molar-refractivity contribution in [2.75, 3.05) is 18.0 Å². The fraction of sp³-hybridized carbons (Fsp3) is 0.571. The fourth-order valence-electron chi connectivity index (χ4n) is 4.69. The lowest BCUT2D eigenvalue weighted by Crippen LogP contribution is -2.52. The molecular weight excluding hydrogens is 361 g/mol. The van der Waals surface area contributed by atoms with Crippen molar-refractivity contribution in [1.29, 1.82) is 0 Å². The summed E-state index contributed by atoms with van der Waals surface area (Å²) in [6, 6.07) is 2.42. The number of hydrogen-bond acceptors (Lipinski definition) is 4. The van der Waals surface area contributed by atoms with Crippen LogP contribution < -0.4 is 10.2 Å². The van der Waals surface area contributed by atoms with Crippen molar-refractivity contribution in [1.82, 2.24) is 10.2 Å². The van der Waals surface area contributed by atoms with Crippen molar-refractivity contribution in [3.63, 3.8) is 0 Å². The van der Waals surface area contributed by atoms with Crippen LogP contribution in [0.5, 0.6) is 0 Å². The predicted octanol–water partition coefficient (Wildman–Crippen LogP) is 2.60. The Kier molecular flexibility index (Phi) is 5.08. The van der Waals surface area contributed by atoms with Gasteiger partial charge in [-0.15, -0.1) is 0 Å². The minimum absolute atomic E-state index is 0.211. The van der Waals surface area contributed by atoms with Gasteiger partial charge in [0.25, 0.3) is 5.91 Å². The third-order valence-electron chi connectivity index (χ3n) is 6.24. The number of piperidine rings is 2. The van der Waals surface area contributed by atoms with Crippen LogP contribution >= 0.6 is 0 Å². The minimum Gasteiger partial charge on any atom is -0.369 e. The van der Waals surface area contributed by atoms with Gasteiger partial charge in [0.2, 0.25) is 11.8 Å². The third-order valence-corrected chi connectivity index (χ3v) is 6.24. The predicted molar refractivity (Wildman–Crippen MR) is 102 cm³/mol. The number of hydrogen-bond donors (Lipinski definition) is 1. The van der Waals surface area contributed by atoms with Crippen LogP contribution in [0.15, 0.2) is 12.1 Å². The number of carbonyl (C=O) groups is 3. The van der Waals surface area contributed by atoms with E-state index in [9.17, 15) is 18.8 Å².